The van der Waals surface area contributed by atoms with E-state index < -0.39 is 0 Å². The summed E-state index contributed by atoms with van der Waals surface area (Å²) in [6.45, 7) is 3.83. The zero-order valence-corrected chi connectivity index (χ0v) is 14.2. The van der Waals surface area contributed by atoms with E-state index in [0.29, 0.717) is 11.5 Å². The van der Waals surface area contributed by atoms with Gasteiger partial charge < -0.3 is 20.1 Å². The Labute approximate surface area is 138 Å². The van der Waals surface area contributed by atoms with Crippen LogP contribution >= 0.6 is 12.4 Å². The van der Waals surface area contributed by atoms with Gasteiger partial charge in [-0.2, -0.15) is 0 Å². The number of carbonyl (C=O) groups excluding carboxylic acids is 1. The van der Waals surface area contributed by atoms with Crippen molar-refractivity contribution in [2.24, 2.45) is 5.92 Å². The summed E-state index contributed by atoms with van der Waals surface area (Å²) < 4.78 is 10.5. The quantitative estimate of drug-likeness (QED) is 0.870. The summed E-state index contributed by atoms with van der Waals surface area (Å²) in [5.74, 6) is 1.63. The van der Waals surface area contributed by atoms with E-state index >= 15 is 0 Å². The number of hydrogen-bond donors (Lipinski definition) is 2. The molecule has 1 aliphatic rings. The summed E-state index contributed by atoms with van der Waals surface area (Å²) in [6, 6.07) is 5.68. The molecule has 1 fully saturated rings. The van der Waals surface area contributed by atoms with Crippen molar-refractivity contribution >= 4 is 18.3 Å². The molecule has 0 aromatic heterocycles. The van der Waals surface area contributed by atoms with Gasteiger partial charge in [0, 0.05) is 5.92 Å². The van der Waals surface area contributed by atoms with Gasteiger partial charge in [-0.25, -0.2) is 0 Å². The molecule has 22 heavy (non-hydrogen) atoms. The number of nitrogens with one attached hydrogen (secondary N) is 2. The second kappa shape index (κ2) is 8.86. The predicted molar refractivity (Wildman–Crippen MR) is 88.9 cm³/mol. The number of piperidine rings is 1. The Morgan fingerprint density at radius 1 is 1.23 bits per heavy atom. The lowest BCUT2D eigenvalue weighted by atomic mass is 9.96. The molecule has 1 amide bonds. The fourth-order valence-electron chi connectivity index (χ4n) is 2.62. The maximum Gasteiger partial charge on any atom is 0.223 e. The van der Waals surface area contributed by atoms with Gasteiger partial charge in [-0.1, -0.05) is 6.07 Å². The molecule has 1 saturated heterocycles. The van der Waals surface area contributed by atoms with Gasteiger partial charge in [-0.3, -0.25) is 4.79 Å². The van der Waals surface area contributed by atoms with E-state index in [1.165, 1.54) is 0 Å². The van der Waals surface area contributed by atoms with Gasteiger partial charge in [-0.15, -0.1) is 12.4 Å². The third kappa shape index (κ3) is 4.52. The van der Waals surface area contributed by atoms with Crippen molar-refractivity contribution in [3.8, 4) is 11.5 Å². The molecule has 5 nitrogen and oxygen atoms in total. The fraction of sp³-hybridized carbons (Fsp3) is 0.562. The van der Waals surface area contributed by atoms with E-state index in [-0.39, 0.29) is 30.3 Å². The number of amides is 1. The first-order valence-electron chi connectivity index (χ1n) is 7.38. The smallest absolute Gasteiger partial charge is 0.223 e. The summed E-state index contributed by atoms with van der Waals surface area (Å²) in [6.07, 6.45) is 1.81. The normalized spacial score (nSPS) is 16.3. The monoisotopic (exact) mass is 328 g/mol. The fourth-order valence-corrected chi connectivity index (χ4v) is 2.62. The number of methoxy groups -OCH3 is 2. The molecule has 1 aromatic carbocycles. The predicted octanol–water partition coefficient (Wildman–Crippen LogP) is 2.30. The molecule has 2 N–H and O–H groups in total. The Bertz CT molecular complexity index is 490. The molecule has 2 rings (SSSR count). The maximum atomic E-state index is 12.3. The lowest BCUT2D eigenvalue weighted by Gasteiger charge is -2.24. The van der Waals surface area contributed by atoms with E-state index in [4.69, 9.17) is 9.47 Å². The number of ether oxygens (including phenoxy) is 2. The maximum absolute atomic E-state index is 12.3. The van der Waals surface area contributed by atoms with E-state index in [1.54, 1.807) is 14.2 Å². The third-order valence-corrected chi connectivity index (χ3v) is 3.98. The Hall–Kier alpha value is -1.46. The second-order valence-corrected chi connectivity index (χ2v) is 5.37. The molecule has 0 bridgehead atoms. The van der Waals surface area contributed by atoms with Crippen molar-refractivity contribution in [3.63, 3.8) is 0 Å². The van der Waals surface area contributed by atoms with Gasteiger partial charge >= 0.3 is 0 Å². The number of benzene rings is 1. The van der Waals surface area contributed by atoms with Gasteiger partial charge in [0.05, 0.1) is 20.3 Å². The van der Waals surface area contributed by atoms with Crippen LogP contribution in [0.15, 0.2) is 18.2 Å². The van der Waals surface area contributed by atoms with Gasteiger partial charge in [0.25, 0.3) is 0 Å². The Balaban J connectivity index is 0.00000242. The van der Waals surface area contributed by atoms with Crippen LogP contribution in [0.4, 0.5) is 0 Å². The van der Waals surface area contributed by atoms with Crippen molar-refractivity contribution in [2.45, 2.75) is 25.8 Å². The van der Waals surface area contributed by atoms with Crippen molar-refractivity contribution in [1.82, 2.24) is 10.6 Å². The molecule has 1 aliphatic heterocycles. The molecule has 1 heterocycles. The summed E-state index contributed by atoms with van der Waals surface area (Å²) in [5, 5.41) is 6.36. The minimum Gasteiger partial charge on any atom is -0.493 e. The van der Waals surface area contributed by atoms with Crippen molar-refractivity contribution in [2.75, 3.05) is 27.3 Å². The van der Waals surface area contributed by atoms with Crippen LogP contribution in [0.2, 0.25) is 0 Å². The number of halogens is 1. The highest BCUT2D eigenvalue weighted by atomic mass is 35.5. The zero-order chi connectivity index (χ0) is 15.2. The van der Waals surface area contributed by atoms with Crippen LogP contribution in [0.3, 0.4) is 0 Å². The largest absolute Gasteiger partial charge is 0.493 e. The minimum absolute atomic E-state index is 0. The Morgan fingerprint density at radius 3 is 2.45 bits per heavy atom. The molecule has 0 radical (unpaired) electrons. The number of carbonyl (C=O) groups is 1. The Morgan fingerprint density at radius 2 is 1.86 bits per heavy atom. The van der Waals surface area contributed by atoms with Crippen LogP contribution in [0.5, 0.6) is 11.5 Å². The van der Waals surface area contributed by atoms with Gasteiger partial charge in [0.2, 0.25) is 5.91 Å². The molecule has 1 atom stereocenters. The second-order valence-electron chi connectivity index (χ2n) is 5.37. The van der Waals surface area contributed by atoms with Crippen LogP contribution in [-0.4, -0.2) is 33.2 Å². The summed E-state index contributed by atoms with van der Waals surface area (Å²) in [5.41, 5.74) is 1.01. The molecular weight excluding hydrogens is 304 g/mol. The summed E-state index contributed by atoms with van der Waals surface area (Å²) >= 11 is 0. The number of rotatable bonds is 5. The van der Waals surface area contributed by atoms with E-state index in [9.17, 15) is 4.79 Å². The SMILES string of the molecule is COc1ccc(C(C)NC(=O)C2CCNCC2)cc1OC.Cl. The van der Waals surface area contributed by atoms with Crippen molar-refractivity contribution in [3.05, 3.63) is 23.8 Å². The number of hydrogen-bond acceptors (Lipinski definition) is 4. The lowest BCUT2D eigenvalue weighted by Crippen LogP contribution is -2.39. The first kappa shape index (κ1) is 18.6. The summed E-state index contributed by atoms with van der Waals surface area (Å²) in [7, 11) is 3.22. The van der Waals surface area contributed by atoms with Gasteiger partial charge in [0.15, 0.2) is 11.5 Å². The van der Waals surface area contributed by atoms with Crippen LogP contribution in [-0.2, 0) is 4.79 Å². The van der Waals surface area contributed by atoms with Gasteiger partial charge in [0.1, 0.15) is 0 Å². The molecule has 1 aromatic rings. The van der Waals surface area contributed by atoms with Crippen LogP contribution < -0.4 is 20.1 Å². The van der Waals surface area contributed by atoms with Gasteiger partial charge in [-0.05, 0) is 50.6 Å². The zero-order valence-electron chi connectivity index (χ0n) is 13.3. The average molecular weight is 329 g/mol. The molecule has 0 aliphatic carbocycles. The van der Waals surface area contributed by atoms with E-state index in [2.05, 4.69) is 10.6 Å². The van der Waals surface area contributed by atoms with E-state index in [1.807, 2.05) is 25.1 Å². The highest BCUT2D eigenvalue weighted by molar-refractivity contribution is 5.85. The molecule has 0 saturated carbocycles. The van der Waals surface area contributed by atoms with E-state index in [0.717, 1.165) is 31.5 Å². The van der Waals surface area contributed by atoms with Crippen molar-refractivity contribution < 1.29 is 14.3 Å². The highest BCUT2D eigenvalue weighted by Gasteiger charge is 2.22. The lowest BCUT2D eigenvalue weighted by molar-refractivity contribution is -0.126. The molecule has 0 spiro atoms. The molecular formula is C16H25ClN2O3. The third-order valence-electron chi connectivity index (χ3n) is 3.98. The van der Waals surface area contributed by atoms with Crippen LogP contribution in [0, 0.1) is 5.92 Å². The molecule has 124 valence electrons. The minimum atomic E-state index is -0.0489. The molecule has 1 unspecified atom stereocenters. The van der Waals surface area contributed by atoms with Crippen molar-refractivity contribution in [1.29, 1.82) is 0 Å². The first-order chi connectivity index (χ1) is 10.2. The summed E-state index contributed by atoms with van der Waals surface area (Å²) in [4.78, 5) is 12.3. The topological polar surface area (TPSA) is 59.6 Å². The highest BCUT2D eigenvalue weighted by Crippen LogP contribution is 2.30. The standard InChI is InChI=1S/C16H24N2O3.ClH/c1-11(18-16(19)12-6-8-17-9-7-12)13-4-5-14(20-2)15(10-13)21-3;/h4-5,10-12,17H,6-9H2,1-3H3,(H,18,19);1H. The molecule has 6 heteroatoms. The van der Waals surface area contributed by atoms with Crippen LogP contribution in [0.1, 0.15) is 31.4 Å². The first-order valence-corrected chi connectivity index (χ1v) is 7.38. The average Bonchev–Trinajstić information content (AvgIpc) is 2.54. The Kier molecular flexibility index (Phi) is 7.48. The van der Waals surface area contributed by atoms with Crippen LogP contribution in [0.25, 0.3) is 0 Å².